The molecule has 0 spiro atoms. The first-order valence-corrected chi connectivity index (χ1v) is 11.0. The summed E-state index contributed by atoms with van der Waals surface area (Å²) in [7, 11) is -2.29. The van der Waals surface area contributed by atoms with E-state index in [1.165, 1.54) is 22.9 Å². The number of carbonyl (C=O) groups excluding carboxylic acids is 2. The maximum atomic E-state index is 13.0. The van der Waals surface area contributed by atoms with Gasteiger partial charge >= 0.3 is 0 Å². The second-order valence-electron chi connectivity index (χ2n) is 7.08. The third-order valence-corrected chi connectivity index (χ3v) is 7.25. The van der Waals surface area contributed by atoms with Gasteiger partial charge in [0.15, 0.2) is 0 Å². The van der Waals surface area contributed by atoms with Gasteiger partial charge < -0.3 is 5.32 Å². The Morgan fingerprint density at radius 3 is 2.39 bits per heavy atom. The Hall–Kier alpha value is -3.66. The molecule has 3 aromatic rings. The molecule has 0 bridgehead atoms. The molecule has 2 amide bonds. The van der Waals surface area contributed by atoms with Gasteiger partial charge in [-0.25, -0.2) is 17.4 Å². The summed E-state index contributed by atoms with van der Waals surface area (Å²) in [5.74, 6) is -1.26. The van der Waals surface area contributed by atoms with E-state index in [9.17, 15) is 22.8 Å². The summed E-state index contributed by atoms with van der Waals surface area (Å²) in [6.45, 7) is 3.26. The average Bonchev–Trinajstić information content (AvgIpc) is 3.09. The fourth-order valence-electron chi connectivity index (χ4n) is 3.63. The van der Waals surface area contributed by atoms with Crippen LogP contribution in [0.1, 0.15) is 33.3 Å². The largest absolute Gasteiger partial charge is 0.316 e. The zero-order valence-electron chi connectivity index (χ0n) is 17.1. The van der Waals surface area contributed by atoms with Crippen LogP contribution in [-0.4, -0.2) is 40.4 Å². The van der Waals surface area contributed by atoms with Crippen LogP contribution in [0.25, 0.3) is 5.69 Å². The fourth-order valence-corrected chi connectivity index (χ4v) is 5.23. The van der Waals surface area contributed by atoms with E-state index in [-0.39, 0.29) is 28.3 Å². The van der Waals surface area contributed by atoms with Crippen molar-refractivity contribution in [3.05, 3.63) is 75.7 Å². The lowest BCUT2D eigenvalue weighted by Crippen LogP contribution is -2.29. The highest BCUT2D eigenvalue weighted by Gasteiger charge is 2.40. The highest BCUT2D eigenvalue weighted by atomic mass is 32.2. The number of aromatic nitrogens is 2. The molecule has 1 aromatic heterocycles. The lowest BCUT2D eigenvalue weighted by molar-refractivity contribution is 0.0875. The monoisotopic (exact) mass is 440 g/mol. The van der Waals surface area contributed by atoms with Crippen LogP contribution in [-0.2, 0) is 17.1 Å². The lowest BCUT2D eigenvalue weighted by Gasteiger charge is -2.11. The number of rotatable bonds is 4. The topological polar surface area (TPSA) is 110 Å². The molecule has 1 aliphatic heterocycles. The van der Waals surface area contributed by atoms with Crippen LogP contribution in [0.5, 0.6) is 0 Å². The van der Waals surface area contributed by atoms with Crippen molar-refractivity contribution in [1.29, 1.82) is 0 Å². The van der Waals surface area contributed by atoms with Gasteiger partial charge in [-0.2, -0.15) is 0 Å². The number of benzene rings is 2. The molecule has 31 heavy (non-hydrogen) atoms. The van der Waals surface area contributed by atoms with E-state index in [0.717, 1.165) is 4.31 Å². The minimum Gasteiger partial charge on any atom is -0.316 e. The predicted octanol–water partition coefficient (Wildman–Crippen LogP) is 1.90. The molecule has 9 nitrogen and oxygen atoms in total. The van der Waals surface area contributed by atoms with E-state index >= 15 is 0 Å². The summed E-state index contributed by atoms with van der Waals surface area (Å²) in [6, 6.07) is 12.8. The Morgan fingerprint density at radius 2 is 1.74 bits per heavy atom. The van der Waals surface area contributed by atoms with Gasteiger partial charge in [-0.1, -0.05) is 18.2 Å². The number of hydrogen-bond acceptors (Lipinski definition) is 5. The Morgan fingerprint density at radius 1 is 1.06 bits per heavy atom. The van der Waals surface area contributed by atoms with Gasteiger partial charge in [-0.3, -0.25) is 19.1 Å². The number of carbonyl (C=O) groups is 2. The van der Waals surface area contributed by atoms with Crippen LogP contribution in [0.3, 0.4) is 0 Å². The maximum absolute atomic E-state index is 13.0. The molecule has 0 saturated heterocycles. The second-order valence-corrected chi connectivity index (χ2v) is 8.91. The number of para-hydroxylation sites is 1. The zero-order valence-corrected chi connectivity index (χ0v) is 17.9. The normalized spacial score (nSPS) is 14.5. The van der Waals surface area contributed by atoms with Gasteiger partial charge in [0.25, 0.3) is 27.4 Å². The molecule has 1 N–H and O–H groups in total. The molecule has 4 rings (SSSR count). The third-order valence-electron chi connectivity index (χ3n) is 5.35. The van der Waals surface area contributed by atoms with Crippen LogP contribution >= 0.6 is 0 Å². The van der Waals surface area contributed by atoms with Crippen molar-refractivity contribution in [1.82, 2.24) is 13.7 Å². The van der Waals surface area contributed by atoms with E-state index in [1.54, 1.807) is 49.8 Å². The van der Waals surface area contributed by atoms with Crippen LogP contribution in [0.15, 0.2) is 58.2 Å². The first kappa shape index (κ1) is 20.6. The molecular weight excluding hydrogens is 420 g/mol. The molecule has 2 heterocycles. The highest BCUT2D eigenvalue weighted by molar-refractivity contribution is 7.90. The van der Waals surface area contributed by atoms with Gasteiger partial charge in [0, 0.05) is 19.2 Å². The number of hydrogen-bond donors (Lipinski definition) is 1. The van der Waals surface area contributed by atoms with E-state index in [0.29, 0.717) is 11.4 Å². The Bertz CT molecular complexity index is 1390. The number of fused-ring (bicyclic) bond motifs is 1. The number of anilines is 1. The van der Waals surface area contributed by atoms with Crippen molar-refractivity contribution in [2.24, 2.45) is 7.05 Å². The summed E-state index contributed by atoms with van der Waals surface area (Å²) < 4.78 is 29.0. The van der Waals surface area contributed by atoms with Crippen molar-refractivity contribution in [2.75, 3.05) is 11.9 Å². The fraction of sp³-hybridized carbons (Fsp3) is 0.190. The summed E-state index contributed by atoms with van der Waals surface area (Å²) in [4.78, 5) is 37.9. The van der Waals surface area contributed by atoms with Crippen molar-refractivity contribution in [2.45, 2.75) is 18.7 Å². The Kier molecular flexibility index (Phi) is 4.81. The molecule has 0 aliphatic carbocycles. The maximum Gasteiger partial charge on any atom is 0.295 e. The lowest BCUT2D eigenvalue weighted by atomic mass is 10.1. The quantitative estimate of drug-likeness (QED) is 0.666. The van der Waals surface area contributed by atoms with E-state index < -0.39 is 27.4 Å². The Labute approximate surface area is 178 Å². The smallest absolute Gasteiger partial charge is 0.295 e. The van der Waals surface area contributed by atoms with E-state index in [4.69, 9.17) is 0 Å². The minimum absolute atomic E-state index is 0.000383. The van der Waals surface area contributed by atoms with Crippen LogP contribution in [0.2, 0.25) is 0 Å². The Balaban J connectivity index is 1.72. The molecular formula is C21H20N4O5S. The van der Waals surface area contributed by atoms with Crippen molar-refractivity contribution in [3.8, 4) is 5.69 Å². The van der Waals surface area contributed by atoms with Gasteiger partial charge in [0.05, 0.1) is 16.9 Å². The standard InChI is InChI=1S/C21H20N4O5S/c1-4-24-20(27)16-11-10-14(12-17(16)31(24,29)30)19(26)22-18-13(2)23(3)25(21(18)28)15-8-6-5-7-9-15/h5-12H,4H2,1-3H3,(H,22,26). The van der Waals surface area contributed by atoms with Gasteiger partial charge in [-0.15, -0.1) is 0 Å². The summed E-state index contributed by atoms with van der Waals surface area (Å²) in [6.07, 6.45) is 0. The summed E-state index contributed by atoms with van der Waals surface area (Å²) in [5, 5.41) is 2.59. The highest BCUT2D eigenvalue weighted by Crippen LogP contribution is 2.31. The first-order valence-electron chi connectivity index (χ1n) is 9.55. The molecule has 0 unspecified atom stereocenters. The first-order chi connectivity index (χ1) is 14.7. The molecule has 10 heteroatoms. The molecule has 0 fully saturated rings. The third kappa shape index (κ3) is 3.07. The van der Waals surface area contributed by atoms with Crippen molar-refractivity contribution >= 4 is 27.5 Å². The number of nitrogens with zero attached hydrogens (tertiary/aromatic N) is 3. The van der Waals surface area contributed by atoms with Crippen LogP contribution in [0.4, 0.5) is 5.69 Å². The molecule has 160 valence electrons. The van der Waals surface area contributed by atoms with Crippen LogP contribution in [0, 0.1) is 6.92 Å². The molecule has 0 saturated carbocycles. The van der Waals surface area contributed by atoms with E-state index in [1.807, 2.05) is 6.07 Å². The van der Waals surface area contributed by atoms with Gasteiger partial charge in [0.2, 0.25) is 0 Å². The van der Waals surface area contributed by atoms with Crippen molar-refractivity contribution in [3.63, 3.8) is 0 Å². The average molecular weight is 440 g/mol. The number of amides is 2. The number of nitrogens with one attached hydrogen (secondary N) is 1. The number of sulfonamides is 1. The SMILES string of the molecule is CCN1C(=O)c2ccc(C(=O)Nc3c(C)n(C)n(-c4ccccc4)c3=O)cc2S1(=O)=O. The van der Waals surface area contributed by atoms with Gasteiger partial charge in [-0.05, 0) is 44.2 Å². The van der Waals surface area contributed by atoms with Gasteiger partial charge in [0.1, 0.15) is 10.6 Å². The van der Waals surface area contributed by atoms with Crippen LogP contribution < -0.4 is 10.9 Å². The molecule has 1 aliphatic rings. The van der Waals surface area contributed by atoms with E-state index in [2.05, 4.69) is 5.32 Å². The molecule has 0 radical (unpaired) electrons. The predicted molar refractivity (Wildman–Crippen MR) is 114 cm³/mol. The molecule has 2 aromatic carbocycles. The minimum atomic E-state index is -4.00. The van der Waals surface area contributed by atoms with Crippen molar-refractivity contribution < 1.29 is 18.0 Å². The second kappa shape index (κ2) is 7.24. The zero-order chi connectivity index (χ0) is 22.5. The summed E-state index contributed by atoms with van der Waals surface area (Å²) in [5.41, 5.74) is 0.901. The molecule has 0 atom stereocenters. The summed E-state index contributed by atoms with van der Waals surface area (Å²) >= 11 is 0.